The maximum atomic E-state index is 12.3. The number of aliphatic imine (C=N–C) groups is 1. The molecule has 1 aromatic rings. The van der Waals surface area contributed by atoms with Gasteiger partial charge in [0.2, 0.25) is 10.0 Å². The normalized spacial score (nSPS) is 12.0. The van der Waals surface area contributed by atoms with E-state index in [1.54, 1.807) is 32.4 Å². The van der Waals surface area contributed by atoms with Crippen LogP contribution in [0.1, 0.15) is 12.0 Å². The van der Waals surface area contributed by atoms with Crippen LogP contribution in [-0.4, -0.2) is 87.0 Å². The number of sulfonamides is 1. The molecule has 0 heterocycles. The monoisotopic (exact) mass is 557 g/mol. The van der Waals surface area contributed by atoms with Crippen molar-refractivity contribution in [1.82, 2.24) is 20.3 Å². The lowest BCUT2D eigenvalue weighted by atomic mass is 10.2. The molecule has 3 N–H and O–H groups in total. The number of nitrogens with zero attached hydrogens (tertiary/aromatic N) is 2. The molecule has 0 aliphatic rings. The van der Waals surface area contributed by atoms with Crippen LogP contribution in [0.2, 0.25) is 0 Å². The summed E-state index contributed by atoms with van der Waals surface area (Å²) in [6.07, 6.45) is 1.000. The Balaban J connectivity index is 0.00000841. The maximum Gasteiger partial charge on any atom is 0.240 e. The first-order valence-corrected chi connectivity index (χ1v) is 11.1. The second-order valence-corrected chi connectivity index (χ2v) is 8.31. The third-order valence-corrected chi connectivity index (χ3v) is 5.62. The number of hydrogen-bond acceptors (Lipinski definition) is 6. The van der Waals surface area contributed by atoms with Crippen molar-refractivity contribution in [2.24, 2.45) is 4.99 Å². The van der Waals surface area contributed by atoms with Crippen LogP contribution < -0.4 is 15.4 Å². The summed E-state index contributed by atoms with van der Waals surface area (Å²) < 4.78 is 37.1. The number of methoxy groups -OCH3 is 2. The minimum atomic E-state index is -3.55. The fraction of sp³-hybridized carbons (Fsp3) is 0.632. The van der Waals surface area contributed by atoms with Gasteiger partial charge in [0.25, 0.3) is 0 Å². The Morgan fingerprint density at radius 3 is 2.50 bits per heavy atom. The summed E-state index contributed by atoms with van der Waals surface area (Å²) in [5.74, 6) is 0.668. The second kappa shape index (κ2) is 16.7. The highest BCUT2D eigenvalue weighted by Gasteiger charge is 2.13. The van der Waals surface area contributed by atoms with E-state index in [9.17, 15) is 8.42 Å². The molecule has 0 aliphatic heterocycles. The minimum Gasteiger partial charge on any atom is -0.385 e. The molecule has 0 fully saturated rings. The molecule has 0 aromatic heterocycles. The van der Waals surface area contributed by atoms with Crippen molar-refractivity contribution in [3.8, 4) is 0 Å². The maximum absolute atomic E-state index is 12.3. The highest BCUT2D eigenvalue weighted by atomic mass is 127. The fourth-order valence-corrected chi connectivity index (χ4v) is 3.63. The third kappa shape index (κ3) is 12.0. The zero-order chi connectivity index (χ0) is 21.5. The first-order chi connectivity index (χ1) is 13.9. The molecule has 11 heteroatoms. The summed E-state index contributed by atoms with van der Waals surface area (Å²) in [5.41, 5.74) is 0.847. The Morgan fingerprint density at radius 1 is 1.10 bits per heavy atom. The predicted octanol–water partition coefficient (Wildman–Crippen LogP) is 0.863. The van der Waals surface area contributed by atoms with E-state index in [4.69, 9.17) is 9.47 Å². The van der Waals surface area contributed by atoms with Crippen LogP contribution in [0.5, 0.6) is 0 Å². The van der Waals surface area contributed by atoms with Gasteiger partial charge in [-0.2, -0.15) is 0 Å². The van der Waals surface area contributed by atoms with E-state index in [-0.39, 0.29) is 35.4 Å². The van der Waals surface area contributed by atoms with E-state index in [1.807, 2.05) is 6.07 Å². The molecule has 0 aliphatic carbocycles. The number of rotatable bonds is 14. The summed E-state index contributed by atoms with van der Waals surface area (Å²) in [6, 6.07) is 6.83. The zero-order valence-corrected chi connectivity index (χ0v) is 21.5. The van der Waals surface area contributed by atoms with Crippen molar-refractivity contribution >= 4 is 40.0 Å². The molecular weight excluding hydrogens is 521 g/mol. The number of nitrogens with one attached hydrogen (secondary N) is 3. The van der Waals surface area contributed by atoms with Gasteiger partial charge in [-0.25, -0.2) is 13.1 Å². The molecular formula is C19H36IN5O4S. The van der Waals surface area contributed by atoms with Crippen molar-refractivity contribution in [1.29, 1.82) is 0 Å². The average Bonchev–Trinajstić information content (AvgIpc) is 2.71. The van der Waals surface area contributed by atoms with Gasteiger partial charge in [0.15, 0.2) is 5.96 Å². The van der Waals surface area contributed by atoms with E-state index in [1.165, 1.54) is 7.11 Å². The lowest BCUT2D eigenvalue weighted by molar-refractivity contribution is 0.180. The summed E-state index contributed by atoms with van der Waals surface area (Å²) in [7, 11) is 3.46. The highest BCUT2D eigenvalue weighted by Crippen LogP contribution is 2.11. The van der Waals surface area contributed by atoms with Gasteiger partial charge in [0.05, 0.1) is 11.5 Å². The molecule has 1 aromatic carbocycles. The molecule has 1 rings (SSSR count). The molecule has 0 saturated carbocycles. The smallest absolute Gasteiger partial charge is 0.240 e. The van der Waals surface area contributed by atoms with Crippen LogP contribution in [0.25, 0.3) is 0 Å². The van der Waals surface area contributed by atoms with Gasteiger partial charge >= 0.3 is 0 Å². The number of ether oxygens (including phenoxy) is 2. The SMILES string of the molecule is CN=C(NCCN(C)CCCOC)NCc1cccc(S(=O)(=O)NCCOC)c1.I. The van der Waals surface area contributed by atoms with E-state index in [2.05, 4.69) is 32.3 Å². The van der Waals surface area contributed by atoms with E-state index < -0.39 is 10.0 Å². The van der Waals surface area contributed by atoms with Crippen molar-refractivity contribution in [3.63, 3.8) is 0 Å². The summed E-state index contributed by atoms with van der Waals surface area (Å²) in [6.45, 7) is 4.39. The summed E-state index contributed by atoms with van der Waals surface area (Å²) >= 11 is 0. The minimum absolute atomic E-state index is 0. The van der Waals surface area contributed by atoms with Gasteiger partial charge in [-0.05, 0) is 31.2 Å². The van der Waals surface area contributed by atoms with Crippen LogP contribution in [0.4, 0.5) is 0 Å². The summed E-state index contributed by atoms with van der Waals surface area (Å²) in [4.78, 5) is 6.66. The Kier molecular flexibility index (Phi) is 16.1. The van der Waals surface area contributed by atoms with Gasteiger partial charge in [-0.1, -0.05) is 12.1 Å². The van der Waals surface area contributed by atoms with E-state index in [0.717, 1.165) is 38.2 Å². The van der Waals surface area contributed by atoms with Gasteiger partial charge in [0, 0.05) is 60.6 Å². The topological polar surface area (TPSA) is 104 Å². The van der Waals surface area contributed by atoms with Crippen LogP contribution in [0.3, 0.4) is 0 Å². The zero-order valence-electron chi connectivity index (χ0n) is 18.3. The molecule has 0 bridgehead atoms. The van der Waals surface area contributed by atoms with Crippen molar-refractivity contribution in [2.75, 3.05) is 67.7 Å². The van der Waals surface area contributed by atoms with Gasteiger partial charge < -0.3 is 25.0 Å². The third-order valence-electron chi connectivity index (χ3n) is 4.16. The highest BCUT2D eigenvalue weighted by molar-refractivity contribution is 14.0. The predicted molar refractivity (Wildman–Crippen MR) is 131 cm³/mol. The molecule has 0 unspecified atom stereocenters. The van der Waals surface area contributed by atoms with Crippen LogP contribution >= 0.6 is 24.0 Å². The number of hydrogen-bond donors (Lipinski definition) is 3. The van der Waals surface area contributed by atoms with Crippen LogP contribution in [0, 0.1) is 0 Å². The number of likely N-dealkylation sites (N-methyl/N-ethyl adjacent to an activating group) is 1. The summed E-state index contributed by atoms with van der Waals surface area (Å²) in [5, 5.41) is 6.47. The number of benzene rings is 1. The fourth-order valence-electron chi connectivity index (χ4n) is 2.55. The average molecular weight is 557 g/mol. The molecule has 0 radical (unpaired) electrons. The van der Waals surface area contributed by atoms with Crippen LogP contribution in [0.15, 0.2) is 34.2 Å². The van der Waals surface area contributed by atoms with Crippen molar-refractivity contribution in [2.45, 2.75) is 17.9 Å². The first-order valence-electron chi connectivity index (χ1n) is 9.62. The Bertz CT molecular complexity index is 719. The Labute approximate surface area is 198 Å². The van der Waals surface area contributed by atoms with Crippen molar-refractivity contribution in [3.05, 3.63) is 29.8 Å². The quantitative estimate of drug-likeness (QED) is 0.135. The molecule has 174 valence electrons. The van der Waals surface area contributed by atoms with E-state index in [0.29, 0.717) is 19.1 Å². The van der Waals surface area contributed by atoms with E-state index >= 15 is 0 Å². The second-order valence-electron chi connectivity index (χ2n) is 6.54. The number of guanidine groups is 1. The molecule has 0 spiro atoms. The lowest BCUT2D eigenvalue weighted by Crippen LogP contribution is -2.40. The Morgan fingerprint density at radius 2 is 1.83 bits per heavy atom. The van der Waals surface area contributed by atoms with Gasteiger partial charge in [-0.3, -0.25) is 4.99 Å². The van der Waals surface area contributed by atoms with Gasteiger partial charge in [-0.15, -0.1) is 24.0 Å². The molecule has 0 saturated heterocycles. The molecule has 30 heavy (non-hydrogen) atoms. The Hall–Kier alpha value is -0.990. The first kappa shape index (κ1) is 29.0. The molecule has 9 nitrogen and oxygen atoms in total. The van der Waals surface area contributed by atoms with Crippen LogP contribution in [-0.2, 0) is 26.0 Å². The van der Waals surface area contributed by atoms with Gasteiger partial charge in [0.1, 0.15) is 0 Å². The number of halogens is 1. The molecule has 0 amide bonds. The standard InChI is InChI=1S/C19H35N5O4S.HI/c1-20-19(21-9-12-24(2)11-6-13-27-3)22-16-17-7-5-8-18(15-17)29(25,26)23-10-14-28-4;/h5,7-8,15,23H,6,9-14,16H2,1-4H3,(H2,20,21,22);1H. The largest absolute Gasteiger partial charge is 0.385 e. The lowest BCUT2D eigenvalue weighted by Gasteiger charge is -2.18. The van der Waals surface area contributed by atoms with Crippen molar-refractivity contribution < 1.29 is 17.9 Å². The molecule has 0 atom stereocenters.